The maximum absolute atomic E-state index is 11.2. The van der Waals surface area contributed by atoms with Crippen LogP contribution >= 0.6 is 0 Å². The van der Waals surface area contributed by atoms with Crippen molar-refractivity contribution >= 4 is 11.6 Å². The summed E-state index contributed by atoms with van der Waals surface area (Å²) in [5, 5.41) is 0. The average Bonchev–Trinajstić information content (AvgIpc) is 2.45. The van der Waals surface area contributed by atoms with Crippen LogP contribution < -0.4 is 0 Å². The van der Waals surface area contributed by atoms with E-state index >= 15 is 0 Å². The highest BCUT2D eigenvalue weighted by molar-refractivity contribution is 6.21. The molecule has 1 aliphatic carbocycles. The van der Waals surface area contributed by atoms with Crippen LogP contribution in [0, 0.1) is 0 Å². The summed E-state index contributed by atoms with van der Waals surface area (Å²) < 4.78 is 10.1. The molecule has 1 aromatic rings. The molecular weight excluding hydrogens is 256 g/mol. The van der Waals surface area contributed by atoms with E-state index in [0.29, 0.717) is 11.1 Å². The lowest BCUT2D eigenvalue weighted by atomic mass is 9.95. The third-order valence-electron chi connectivity index (χ3n) is 2.65. The van der Waals surface area contributed by atoms with E-state index in [9.17, 15) is 9.59 Å². The molecule has 0 saturated heterocycles. The molecule has 0 radical (unpaired) electrons. The van der Waals surface area contributed by atoms with Crippen LogP contribution in [0.25, 0.3) is 0 Å². The van der Waals surface area contributed by atoms with E-state index in [1.54, 1.807) is 24.3 Å². The minimum atomic E-state index is -0.0924. The highest BCUT2D eigenvalue weighted by atomic mass is 16.7. The fourth-order valence-electron chi connectivity index (χ4n) is 1.76. The summed E-state index contributed by atoms with van der Waals surface area (Å²) in [6, 6.07) is 6.84. The van der Waals surface area contributed by atoms with Crippen LogP contribution in [0.3, 0.4) is 0 Å². The number of carbonyl (C=O) groups is 2. The first-order chi connectivity index (χ1) is 9.60. The Kier molecular flexibility index (Phi) is 6.84. The number of benzene rings is 1. The summed E-state index contributed by atoms with van der Waals surface area (Å²) in [6.45, 7) is 7.25. The number of hydrogen-bond acceptors (Lipinski definition) is 4. The Bertz CT molecular complexity index is 448. The second-order valence-electron chi connectivity index (χ2n) is 4.09. The van der Waals surface area contributed by atoms with Crippen molar-refractivity contribution in [2.75, 3.05) is 13.2 Å². The predicted molar refractivity (Wildman–Crippen MR) is 77.0 cm³/mol. The van der Waals surface area contributed by atoms with Gasteiger partial charge in [-0.15, -0.1) is 0 Å². The first-order valence-electron chi connectivity index (χ1n) is 6.69. The van der Waals surface area contributed by atoms with Gasteiger partial charge in [0.25, 0.3) is 0 Å². The van der Waals surface area contributed by atoms with Gasteiger partial charge in [0.15, 0.2) is 17.9 Å². The standard InChI is InChI=1S/C10H6O2.C6H14O2/c11-9-5-6-10(12)8-4-2-1-3-7(8)9;1-4-7-6(3)8-5-2/h1-6H;6H,4-5H2,1-3H3. The molecule has 4 nitrogen and oxygen atoms in total. The van der Waals surface area contributed by atoms with Gasteiger partial charge in [-0.3, -0.25) is 9.59 Å². The van der Waals surface area contributed by atoms with Crippen LogP contribution in [0.1, 0.15) is 41.5 Å². The van der Waals surface area contributed by atoms with Crippen LogP contribution in [-0.4, -0.2) is 31.1 Å². The molecule has 0 atom stereocenters. The van der Waals surface area contributed by atoms with Crippen LogP contribution in [0.15, 0.2) is 36.4 Å². The summed E-state index contributed by atoms with van der Waals surface area (Å²) in [5.74, 6) is -0.185. The molecule has 0 aromatic heterocycles. The van der Waals surface area contributed by atoms with Crippen molar-refractivity contribution in [3.8, 4) is 0 Å². The SMILES string of the molecule is CCOC(C)OCC.O=C1C=CC(=O)c2ccccc21. The molecule has 0 fully saturated rings. The monoisotopic (exact) mass is 276 g/mol. The lowest BCUT2D eigenvalue weighted by molar-refractivity contribution is -0.123. The summed E-state index contributed by atoms with van der Waals surface area (Å²) >= 11 is 0. The van der Waals surface area contributed by atoms with Gasteiger partial charge in [-0.25, -0.2) is 0 Å². The van der Waals surface area contributed by atoms with Gasteiger partial charge in [-0.1, -0.05) is 24.3 Å². The largest absolute Gasteiger partial charge is 0.353 e. The molecule has 0 aliphatic heterocycles. The highest BCUT2D eigenvalue weighted by Gasteiger charge is 2.16. The fraction of sp³-hybridized carbons (Fsp3) is 0.375. The molecule has 0 saturated carbocycles. The van der Waals surface area contributed by atoms with E-state index in [1.165, 1.54) is 12.2 Å². The molecular formula is C16H20O4. The Hall–Kier alpha value is -1.78. The molecule has 0 spiro atoms. The number of carbonyl (C=O) groups excluding carboxylic acids is 2. The quantitative estimate of drug-likeness (QED) is 0.793. The van der Waals surface area contributed by atoms with Gasteiger partial charge < -0.3 is 9.47 Å². The average molecular weight is 276 g/mol. The Morgan fingerprint density at radius 3 is 1.65 bits per heavy atom. The van der Waals surface area contributed by atoms with Crippen molar-refractivity contribution in [3.05, 3.63) is 47.5 Å². The van der Waals surface area contributed by atoms with Gasteiger partial charge >= 0.3 is 0 Å². The van der Waals surface area contributed by atoms with E-state index < -0.39 is 0 Å². The topological polar surface area (TPSA) is 52.6 Å². The van der Waals surface area contributed by atoms with E-state index in [0.717, 1.165) is 13.2 Å². The van der Waals surface area contributed by atoms with Crippen LogP contribution in [0.2, 0.25) is 0 Å². The fourth-order valence-corrected chi connectivity index (χ4v) is 1.76. The molecule has 108 valence electrons. The molecule has 20 heavy (non-hydrogen) atoms. The Morgan fingerprint density at radius 1 is 0.900 bits per heavy atom. The Balaban J connectivity index is 0.000000221. The number of ketones is 2. The zero-order valence-corrected chi connectivity index (χ0v) is 12.1. The van der Waals surface area contributed by atoms with Gasteiger partial charge in [0.05, 0.1) is 0 Å². The van der Waals surface area contributed by atoms with E-state index in [4.69, 9.17) is 9.47 Å². The molecule has 1 aromatic carbocycles. The van der Waals surface area contributed by atoms with Crippen LogP contribution in [-0.2, 0) is 9.47 Å². The predicted octanol–water partition coefficient (Wildman–Crippen LogP) is 3.03. The lowest BCUT2D eigenvalue weighted by Gasteiger charge is -2.09. The molecule has 0 heterocycles. The second-order valence-corrected chi connectivity index (χ2v) is 4.09. The molecule has 0 unspecified atom stereocenters. The molecule has 1 aliphatic rings. The van der Waals surface area contributed by atoms with Crippen molar-refractivity contribution in [2.24, 2.45) is 0 Å². The van der Waals surface area contributed by atoms with Gasteiger partial charge in [0.1, 0.15) is 0 Å². The molecule has 4 heteroatoms. The van der Waals surface area contributed by atoms with E-state index in [-0.39, 0.29) is 17.9 Å². The Morgan fingerprint density at radius 2 is 1.30 bits per heavy atom. The zero-order valence-electron chi connectivity index (χ0n) is 12.1. The minimum Gasteiger partial charge on any atom is -0.353 e. The third-order valence-corrected chi connectivity index (χ3v) is 2.65. The highest BCUT2D eigenvalue weighted by Crippen LogP contribution is 2.15. The summed E-state index contributed by atoms with van der Waals surface area (Å²) in [4.78, 5) is 22.4. The third kappa shape index (κ3) is 4.72. The van der Waals surface area contributed by atoms with Gasteiger partial charge in [-0.05, 0) is 32.9 Å². The normalized spacial score (nSPS) is 13.0. The van der Waals surface area contributed by atoms with Gasteiger partial charge in [0.2, 0.25) is 0 Å². The maximum Gasteiger partial charge on any atom is 0.186 e. The molecule has 0 N–H and O–H groups in total. The van der Waals surface area contributed by atoms with Crippen molar-refractivity contribution in [3.63, 3.8) is 0 Å². The number of hydrogen-bond donors (Lipinski definition) is 0. The number of fused-ring (bicyclic) bond motifs is 1. The molecule has 0 amide bonds. The smallest absolute Gasteiger partial charge is 0.186 e. The van der Waals surface area contributed by atoms with Crippen molar-refractivity contribution < 1.29 is 19.1 Å². The molecule has 0 bridgehead atoms. The first-order valence-corrected chi connectivity index (χ1v) is 6.69. The summed E-state index contributed by atoms with van der Waals surface area (Å²) in [7, 11) is 0. The minimum absolute atomic E-state index is 0.0370. The van der Waals surface area contributed by atoms with Crippen molar-refractivity contribution in [2.45, 2.75) is 27.1 Å². The van der Waals surface area contributed by atoms with Crippen LogP contribution in [0.5, 0.6) is 0 Å². The van der Waals surface area contributed by atoms with Gasteiger partial charge in [-0.2, -0.15) is 0 Å². The first kappa shape index (κ1) is 16.3. The number of allylic oxidation sites excluding steroid dienone is 2. The summed E-state index contributed by atoms with van der Waals surface area (Å²) in [5.41, 5.74) is 1.01. The van der Waals surface area contributed by atoms with Crippen molar-refractivity contribution in [1.29, 1.82) is 0 Å². The van der Waals surface area contributed by atoms with Crippen molar-refractivity contribution in [1.82, 2.24) is 0 Å². The second kappa shape index (κ2) is 8.40. The summed E-state index contributed by atoms with van der Waals surface area (Å²) in [6.07, 6.45) is 2.58. The lowest BCUT2D eigenvalue weighted by Crippen LogP contribution is -2.11. The van der Waals surface area contributed by atoms with Crippen LogP contribution in [0.4, 0.5) is 0 Å². The number of rotatable bonds is 4. The zero-order chi connectivity index (χ0) is 15.0. The number of ether oxygens (including phenoxy) is 2. The van der Waals surface area contributed by atoms with E-state index in [1.807, 2.05) is 20.8 Å². The molecule has 2 rings (SSSR count). The Labute approximate surface area is 119 Å². The maximum atomic E-state index is 11.2. The van der Waals surface area contributed by atoms with Gasteiger partial charge in [0, 0.05) is 24.3 Å². The van der Waals surface area contributed by atoms with E-state index in [2.05, 4.69) is 0 Å².